The minimum absolute atomic E-state index is 0.0848. The van der Waals surface area contributed by atoms with Crippen molar-refractivity contribution in [2.24, 2.45) is 0 Å². The molecule has 3 aromatic rings. The molecule has 0 aliphatic carbocycles. The summed E-state index contributed by atoms with van der Waals surface area (Å²) in [4.78, 5) is 0. The van der Waals surface area contributed by atoms with Crippen molar-refractivity contribution in [2.75, 3.05) is 12.4 Å². The number of anilines is 1. The van der Waals surface area contributed by atoms with Gasteiger partial charge in [0.15, 0.2) is 11.5 Å². The summed E-state index contributed by atoms with van der Waals surface area (Å²) in [6.07, 6.45) is 0. The Bertz CT molecular complexity index is 981. The molecule has 28 heavy (non-hydrogen) atoms. The summed E-state index contributed by atoms with van der Waals surface area (Å²) < 4.78 is 25.7. The lowest BCUT2D eigenvalue weighted by molar-refractivity contribution is 0.283. The van der Waals surface area contributed by atoms with E-state index in [1.165, 1.54) is 11.6 Å². The molecule has 146 valence electrons. The molecule has 0 atom stereocenters. The van der Waals surface area contributed by atoms with Crippen molar-refractivity contribution < 1.29 is 13.9 Å². The fraction of sp³-hybridized carbons (Fsp3) is 0.182. The van der Waals surface area contributed by atoms with Gasteiger partial charge in [0.1, 0.15) is 12.4 Å². The lowest BCUT2D eigenvalue weighted by atomic mass is 10.1. The number of hydrogen-bond donors (Lipinski definition) is 1. The van der Waals surface area contributed by atoms with Gasteiger partial charge in [-0.3, -0.25) is 0 Å². The first kappa shape index (κ1) is 20.5. The highest BCUT2D eigenvalue weighted by Crippen LogP contribution is 2.34. The summed E-state index contributed by atoms with van der Waals surface area (Å²) in [6.45, 7) is 3.03. The molecule has 0 aromatic heterocycles. The Kier molecular flexibility index (Phi) is 6.81. The van der Waals surface area contributed by atoms with Gasteiger partial charge in [0.05, 0.1) is 12.1 Å². The topological polar surface area (TPSA) is 30.5 Å². The lowest BCUT2D eigenvalue weighted by Crippen LogP contribution is -2.03. The van der Waals surface area contributed by atoms with E-state index >= 15 is 0 Å². The van der Waals surface area contributed by atoms with Crippen LogP contribution in [0.25, 0.3) is 0 Å². The van der Waals surface area contributed by atoms with E-state index in [0.717, 1.165) is 21.3 Å². The average Bonchev–Trinajstić information content (AvgIpc) is 2.69. The predicted octanol–water partition coefficient (Wildman–Crippen LogP) is 6.75. The van der Waals surface area contributed by atoms with Crippen molar-refractivity contribution in [3.05, 3.63) is 86.6 Å². The highest BCUT2D eigenvalue weighted by molar-refractivity contribution is 9.10. The van der Waals surface area contributed by atoms with E-state index in [-0.39, 0.29) is 5.02 Å². The molecule has 6 heteroatoms. The van der Waals surface area contributed by atoms with E-state index in [9.17, 15) is 4.39 Å². The number of nitrogens with one attached hydrogen (secondary N) is 1. The molecule has 0 fully saturated rings. The normalized spacial score (nSPS) is 10.6. The van der Waals surface area contributed by atoms with Gasteiger partial charge in [-0.2, -0.15) is 0 Å². The second-order valence-electron chi connectivity index (χ2n) is 6.29. The molecule has 0 aliphatic rings. The predicted molar refractivity (Wildman–Crippen MR) is 115 cm³/mol. The van der Waals surface area contributed by atoms with E-state index in [1.54, 1.807) is 19.2 Å². The maximum absolute atomic E-state index is 13.3. The monoisotopic (exact) mass is 463 g/mol. The van der Waals surface area contributed by atoms with E-state index in [0.29, 0.717) is 24.7 Å². The molecule has 0 heterocycles. The smallest absolute Gasteiger partial charge is 0.162 e. The molecule has 0 unspecified atom stereocenters. The number of ether oxygens (including phenoxy) is 2. The van der Waals surface area contributed by atoms with Gasteiger partial charge < -0.3 is 14.8 Å². The first-order valence-electron chi connectivity index (χ1n) is 8.70. The van der Waals surface area contributed by atoms with Crippen molar-refractivity contribution >= 4 is 33.2 Å². The lowest BCUT2D eigenvalue weighted by Gasteiger charge is -2.15. The Balaban J connectivity index is 1.73. The van der Waals surface area contributed by atoms with Gasteiger partial charge in [0.2, 0.25) is 0 Å². The van der Waals surface area contributed by atoms with Crippen molar-refractivity contribution in [3.63, 3.8) is 0 Å². The van der Waals surface area contributed by atoms with Crippen LogP contribution in [0, 0.1) is 12.7 Å². The molecule has 3 aromatic carbocycles. The van der Waals surface area contributed by atoms with E-state index in [1.807, 2.05) is 30.3 Å². The van der Waals surface area contributed by atoms with Crippen LogP contribution in [0.5, 0.6) is 11.5 Å². The molecule has 0 spiro atoms. The van der Waals surface area contributed by atoms with Crippen LogP contribution in [0.1, 0.15) is 16.7 Å². The minimum Gasteiger partial charge on any atom is -0.493 e. The van der Waals surface area contributed by atoms with Gasteiger partial charge in [-0.05, 0) is 53.9 Å². The number of methoxy groups -OCH3 is 1. The highest BCUT2D eigenvalue weighted by atomic mass is 79.9. The maximum Gasteiger partial charge on any atom is 0.162 e. The molecular formula is C22H20BrClFNO2. The molecule has 3 nitrogen and oxygen atoms in total. The molecule has 1 N–H and O–H groups in total. The molecule has 0 saturated heterocycles. The first-order chi connectivity index (χ1) is 13.5. The zero-order valence-electron chi connectivity index (χ0n) is 15.6. The summed E-state index contributed by atoms with van der Waals surface area (Å²) in [5.41, 5.74) is 4.01. The van der Waals surface area contributed by atoms with E-state index < -0.39 is 5.82 Å². The molecule has 0 saturated carbocycles. The molecule has 0 radical (unpaired) electrons. The Hall–Kier alpha value is -2.24. The van der Waals surface area contributed by atoms with Crippen LogP contribution in [0.4, 0.5) is 10.1 Å². The van der Waals surface area contributed by atoms with Crippen LogP contribution in [0.15, 0.2) is 59.1 Å². The quantitative estimate of drug-likeness (QED) is 0.419. The van der Waals surface area contributed by atoms with Crippen LogP contribution in [-0.4, -0.2) is 7.11 Å². The van der Waals surface area contributed by atoms with E-state index in [2.05, 4.69) is 34.2 Å². The third-order valence-electron chi connectivity index (χ3n) is 4.38. The van der Waals surface area contributed by atoms with E-state index in [4.69, 9.17) is 21.1 Å². The first-order valence-corrected chi connectivity index (χ1v) is 9.87. The van der Waals surface area contributed by atoms with Gasteiger partial charge >= 0.3 is 0 Å². The Morgan fingerprint density at radius 3 is 2.54 bits per heavy atom. The minimum atomic E-state index is -0.440. The fourth-order valence-electron chi connectivity index (χ4n) is 2.72. The number of aryl methyl sites for hydroxylation is 1. The molecule has 3 rings (SSSR count). The van der Waals surface area contributed by atoms with Gasteiger partial charge in [0, 0.05) is 16.7 Å². The number of halogens is 3. The summed E-state index contributed by atoms with van der Waals surface area (Å²) >= 11 is 9.42. The zero-order valence-corrected chi connectivity index (χ0v) is 17.9. The molecule has 0 amide bonds. The van der Waals surface area contributed by atoms with Crippen LogP contribution >= 0.6 is 27.5 Å². The highest BCUT2D eigenvalue weighted by Gasteiger charge is 2.12. The SMILES string of the molecule is COc1cc(CNc2ccc(F)c(Cl)c2)c(Br)cc1OCc1ccccc1C. The second kappa shape index (κ2) is 9.30. The second-order valence-corrected chi connectivity index (χ2v) is 7.55. The summed E-state index contributed by atoms with van der Waals surface area (Å²) in [5, 5.41) is 3.31. The Morgan fingerprint density at radius 1 is 1.04 bits per heavy atom. The summed E-state index contributed by atoms with van der Waals surface area (Å²) in [7, 11) is 1.61. The van der Waals surface area contributed by atoms with Gasteiger partial charge in [-0.15, -0.1) is 0 Å². The third kappa shape index (κ3) is 4.97. The summed E-state index contributed by atoms with van der Waals surface area (Å²) in [6, 6.07) is 16.4. The van der Waals surface area contributed by atoms with Crippen molar-refractivity contribution in [3.8, 4) is 11.5 Å². The largest absolute Gasteiger partial charge is 0.493 e. The van der Waals surface area contributed by atoms with Gasteiger partial charge in [-0.1, -0.05) is 51.8 Å². The maximum atomic E-state index is 13.3. The van der Waals surface area contributed by atoms with Crippen molar-refractivity contribution in [1.29, 1.82) is 0 Å². The number of benzene rings is 3. The van der Waals surface area contributed by atoms with Crippen LogP contribution < -0.4 is 14.8 Å². The third-order valence-corrected chi connectivity index (χ3v) is 5.41. The fourth-order valence-corrected chi connectivity index (χ4v) is 3.36. The Morgan fingerprint density at radius 2 is 1.82 bits per heavy atom. The summed E-state index contributed by atoms with van der Waals surface area (Å²) in [5.74, 6) is 0.863. The average molecular weight is 465 g/mol. The van der Waals surface area contributed by atoms with Crippen LogP contribution in [-0.2, 0) is 13.2 Å². The van der Waals surface area contributed by atoms with Gasteiger partial charge in [0.25, 0.3) is 0 Å². The molecule has 0 bridgehead atoms. The zero-order chi connectivity index (χ0) is 20.1. The van der Waals surface area contributed by atoms with Crippen molar-refractivity contribution in [2.45, 2.75) is 20.1 Å². The Labute approximate surface area is 177 Å². The number of hydrogen-bond acceptors (Lipinski definition) is 3. The molecular weight excluding hydrogens is 445 g/mol. The van der Waals surface area contributed by atoms with Crippen molar-refractivity contribution in [1.82, 2.24) is 0 Å². The number of rotatable bonds is 7. The van der Waals surface area contributed by atoms with Crippen LogP contribution in [0.3, 0.4) is 0 Å². The molecule has 0 aliphatic heterocycles. The van der Waals surface area contributed by atoms with Gasteiger partial charge in [-0.25, -0.2) is 4.39 Å². The van der Waals surface area contributed by atoms with Crippen LogP contribution in [0.2, 0.25) is 5.02 Å². The standard InChI is InChI=1S/C22H20BrClFNO2/c1-14-5-3-4-6-15(14)13-28-22-11-18(23)16(9-21(22)27-2)12-26-17-7-8-20(25)19(24)10-17/h3-11,26H,12-13H2,1-2H3.